The Morgan fingerprint density at radius 3 is 2.47 bits per heavy atom. The Kier molecular flexibility index (Phi) is 6.31. The Hall–Kier alpha value is -0.790. The van der Waals surface area contributed by atoms with E-state index in [1.165, 1.54) is 17.6 Å². The SMILES string of the molecule is CCCNCC(=Cc1ccc(Cl)cc1)C(C)C. The molecule has 0 radical (unpaired) electrons. The van der Waals surface area contributed by atoms with Crippen LogP contribution in [0.2, 0.25) is 5.02 Å². The summed E-state index contributed by atoms with van der Waals surface area (Å²) in [6.07, 6.45) is 3.43. The van der Waals surface area contributed by atoms with Gasteiger partial charge in [0.2, 0.25) is 0 Å². The van der Waals surface area contributed by atoms with Gasteiger partial charge in [0.15, 0.2) is 0 Å². The summed E-state index contributed by atoms with van der Waals surface area (Å²) in [4.78, 5) is 0. The van der Waals surface area contributed by atoms with Gasteiger partial charge in [0.25, 0.3) is 0 Å². The molecule has 0 aliphatic heterocycles. The number of nitrogens with one attached hydrogen (secondary N) is 1. The van der Waals surface area contributed by atoms with Crippen molar-refractivity contribution in [2.45, 2.75) is 27.2 Å². The number of benzene rings is 1. The minimum Gasteiger partial charge on any atom is -0.313 e. The van der Waals surface area contributed by atoms with Gasteiger partial charge in [-0.3, -0.25) is 0 Å². The van der Waals surface area contributed by atoms with E-state index in [0.29, 0.717) is 5.92 Å². The van der Waals surface area contributed by atoms with Crippen molar-refractivity contribution in [3.8, 4) is 0 Å². The van der Waals surface area contributed by atoms with Crippen molar-refractivity contribution in [3.63, 3.8) is 0 Å². The molecule has 94 valence electrons. The smallest absolute Gasteiger partial charge is 0.0406 e. The number of hydrogen-bond donors (Lipinski definition) is 1. The molecule has 0 aliphatic rings. The van der Waals surface area contributed by atoms with Crippen LogP contribution in [0.4, 0.5) is 0 Å². The van der Waals surface area contributed by atoms with E-state index in [-0.39, 0.29) is 0 Å². The zero-order valence-corrected chi connectivity index (χ0v) is 11.7. The van der Waals surface area contributed by atoms with E-state index in [4.69, 9.17) is 11.6 Å². The molecule has 1 aromatic rings. The Bertz CT molecular complexity index is 352. The molecule has 1 rings (SSSR count). The Morgan fingerprint density at radius 2 is 1.94 bits per heavy atom. The van der Waals surface area contributed by atoms with Crippen molar-refractivity contribution in [1.29, 1.82) is 0 Å². The van der Waals surface area contributed by atoms with Crippen molar-refractivity contribution in [2.75, 3.05) is 13.1 Å². The van der Waals surface area contributed by atoms with Crippen molar-refractivity contribution in [2.24, 2.45) is 5.92 Å². The average molecular weight is 252 g/mol. The average Bonchev–Trinajstić information content (AvgIpc) is 2.30. The summed E-state index contributed by atoms with van der Waals surface area (Å²) < 4.78 is 0. The molecule has 2 heteroatoms. The Labute approximate surface area is 110 Å². The summed E-state index contributed by atoms with van der Waals surface area (Å²) in [6, 6.07) is 7.99. The van der Waals surface area contributed by atoms with Crippen molar-refractivity contribution < 1.29 is 0 Å². The van der Waals surface area contributed by atoms with Crippen LogP contribution in [0.25, 0.3) is 6.08 Å². The Balaban J connectivity index is 2.71. The molecule has 0 atom stereocenters. The molecular formula is C15H22ClN. The van der Waals surface area contributed by atoms with Gasteiger partial charge in [-0.25, -0.2) is 0 Å². The first-order valence-corrected chi connectivity index (χ1v) is 6.68. The maximum Gasteiger partial charge on any atom is 0.0406 e. The molecular weight excluding hydrogens is 230 g/mol. The van der Waals surface area contributed by atoms with Crippen LogP contribution in [-0.2, 0) is 0 Å². The van der Waals surface area contributed by atoms with Crippen molar-refractivity contribution in [1.82, 2.24) is 5.32 Å². The van der Waals surface area contributed by atoms with Gasteiger partial charge in [-0.2, -0.15) is 0 Å². The molecule has 0 fully saturated rings. The highest BCUT2D eigenvalue weighted by Crippen LogP contribution is 2.16. The van der Waals surface area contributed by atoms with Gasteiger partial charge in [-0.15, -0.1) is 0 Å². The molecule has 1 aromatic carbocycles. The molecule has 0 aromatic heterocycles. The summed E-state index contributed by atoms with van der Waals surface area (Å²) in [5.41, 5.74) is 2.65. The quantitative estimate of drug-likeness (QED) is 0.740. The molecule has 0 saturated carbocycles. The predicted octanol–water partition coefficient (Wildman–Crippen LogP) is 4.38. The van der Waals surface area contributed by atoms with Crippen LogP contribution < -0.4 is 5.32 Å². The third-order valence-corrected chi connectivity index (χ3v) is 2.97. The maximum atomic E-state index is 5.88. The summed E-state index contributed by atoms with van der Waals surface area (Å²) in [6.45, 7) is 8.69. The molecule has 0 bridgehead atoms. The lowest BCUT2D eigenvalue weighted by Gasteiger charge is -2.12. The summed E-state index contributed by atoms with van der Waals surface area (Å²) >= 11 is 5.88. The van der Waals surface area contributed by atoms with E-state index in [2.05, 4.69) is 44.3 Å². The fourth-order valence-electron chi connectivity index (χ4n) is 1.60. The lowest BCUT2D eigenvalue weighted by molar-refractivity contribution is 0.657. The van der Waals surface area contributed by atoms with Crippen LogP contribution in [0.1, 0.15) is 32.8 Å². The highest BCUT2D eigenvalue weighted by Gasteiger charge is 2.03. The third-order valence-electron chi connectivity index (χ3n) is 2.72. The molecule has 17 heavy (non-hydrogen) atoms. The molecule has 0 unspecified atom stereocenters. The van der Waals surface area contributed by atoms with E-state index in [1.807, 2.05) is 12.1 Å². The van der Waals surface area contributed by atoms with E-state index < -0.39 is 0 Å². The third kappa shape index (κ3) is 5.38. The molecule has 0 heterocycles. The summed E-state index contributed by atoms with van der Waals surface area (Å²) in [5.74, 6) is 0.565. The fraction of sp³-hybridized carbons (Fsp3) is 0.467. The largest absolute Gasteiger partial charge is 0.313 e. The number of halogens is 1. The highest BCUT2D eigenvalue weighted by atomic mass is 35.5. The van der Waals surface area contributed by atoms with E-state index in [1.54, 1.807) is 0 Å². The van der Waals surface area contributed by atoms with Gasteiger partial charge < -0.3 is 5.32 Å². The molecule has 1 nitrogen and oxygen atoms in total. The Morgan fingerprint density at radius 1 is 1.29 bits per heavy atom. The predicted molar refractivity (Wildman–Crippen MR) is 77.4 cm³/mol. The zero-order valence-electron chi connectivity index (χ0n) is 11.0. The van der Waals surface area contributed by atoms with Gasteiger partial charge in [-0.1, -0.05) is 56.2 Å². The van der Waals surface area contributed by atoms with Crippen LogP contribution in [-0.4, -0.2) is 13.1 Å². The second-order valence-corrected chi connectivity index (χ2v) is 5.04. The van der Waals surface area contributed by atoms with E-state index >= 15 is 0 Å². The van der Waals surface area contributed by atoms with Crippen LogP contribution in [0.5, 0.6) is 0 Å². The fourth-order valence-corrected chi connectivity index (χ4v) is 1.73. The zero-order chi connectivity index (χ0) is 12.7. The highest BCUT2D eigenvalue weighted by molar-refractivity contribution is 6.30. The van der Waals surface area contributed by atoms with Gasteiger partial charge in [0, 0.05) is 11.6 Å². The number of hydrogen-bond acceptors (Lipinski definition) is 1. The van der Waals surface area contributed by atoms with Gasteiger partial charge in [0.05, 0.1) is 0 Å². The second kappa shape index (κ2) is 7.52. The molecule has 1 N–H and O–H groups in total. The van der Waals surface area contributed by atoms with Crippen molar-refractivity contribution in [3.05, 3.63) is 40.4 Å². The lowest BCUT2D eigenvalue weighted by atomic mass is 10.0. The maximum absolute atomic E-state index is 5.88. The normalized spacial score (nSPS) is 12.2. The first-order valence-electron chi connectivity index (χ1n) is 6.30. The molecule has 0 spiro atoms. The standard InChI is InChI=1S/C15H22ClN/c1-4-9-17-11-14(12(2)3)10-13-5-7-15(16)8-6-13/h5-8,10,12,17H,4,9,11H2,1-3H3. The summed E-state index contributed by atoms with van der Waals surface area (Å²) in [5, 5.41) is 4.24. The van der Waals surface area contributed by atoms with Crippen LogP contribution in [0.15, 0.2) is 29.8 Å². The van der Waals surface area contributed by atoms with Crippen molar-refractivity contribution >= 4 is 17.7 Å². The van der Waals surface area contributed by atoms with Gasteiger partial charge in [-0.05, 0) is 36.6 Å². The van der Waals surface area contributed by atoms with Crippen LogP contribution >= 0.6 is 11.6 Å². The lowest BCUT2D eigenvalue weighted by Crippen LogP contribution is -2.19. The summed E-state index contributed by atoms with van der Waals surface area (Å²) in [7, 11) is 0. The van der Waals surface area contributed by atoms with E-state index in [9.17, 15) is 0 Å². The first-order chi connectivity index (χ1) is 8.13. The molecule has 0 saturated heterocycles. The van der Waals surface area contributed by atoms with Gasteiger partial charge >= 0.3 is 0 Å². The first kappa shape index (κ1) is 14.3. The number of rotatable bonds is 6. The van der Waals surface area contributed by atoms with Crippen LogP contribution in [0.3, 0.4) is 0 Å². The van der Waals surface area contributed by atoms with Crippen LogP contribution in [0, 0.1) is 5.92 Å². The van der Waals surface area contributed by atoms with Gasteiger partial charge in [0.1, 0.15) is 0 Å². The topological polar surface area (TPSA) is 12.0 Å². The minimum atomic E-state index is 0.565. The monoisotopic (exact) mass is 251 g/mol. The molecule has 0 aliphatic carbocycles. The molecule has 0 amide bonds. The van der Waals surface area contributed by atoms with E-state index in [0.717, 1.165) is 18.1 Å². The second-order valence-electron chi connectivity index (χ2n) is 4.60. The minimum absolute atomic E-state index is 0.565.